The van der Waals surface area contributed by atoms with Crippen LogP contribution in [-0.4, -0.2) is 87.4 Å². The molecule has 2 atom stereocenters. The number of sulfonamides is 2. The highest BCUT2D eigenvalue weighted by atomic mass is 32.2. The lowest BCUT2D eigenvalue weighted by Gasteiger charge is -2.29. The summed E-state index contributed by atoms with van der Waals surface area (Å²) in [5.74, 6) is -0.00325. The van der Waals surface area contributed by atoms with Crippen LogP contribution in [0.5, 0.6) is 11.5 Å². The van der Waals surface area contributed by atoms with E-state index in [1.807, 2.05) is 73.2 Å². The Hall–Kier alpha value is -3.40. The van der Waals surface area contributed by atoms with Crippen LogP contribution < -0.4 is 9.80 Å². The van der Waals surface area contributed by atoms with Crippen LogP contribution in [0, 0.1) is 0 Å². The van der Waals surface area contributed by atoms with Crippen molar-refractivity contribution in [2.24, 2.45) is 0 Å². The van der Waals surface area contributed by atoms with E-state index in [0.717, 1.165) is 49.9 Å². The van der Waals surface area contributed by atoms with Crippen LogP contribution >= 0.6 is 23.5 Å². The van der Waals surface area contributed by atoms with Crippen molar-refractivity contribution in [1.82, 2.24) is 8.61 Å². The average molecular weight is 813 g/mol. The van der Waals surface area contributed by atoms with Crippen LogP contribution in [0.4, 0.5) is 22.7 Å². The Kier molecular flexibility index (Phi) is 13.9. The number of para-hydroxylation sites is 2. The Labute approximate surface area is 330 Å². The zero-order valence-electron chi connectivity index (χ0n) is 31.8. The number of rotatable bonds is 10. The van der Waals surface area contributed by atoms with Gasteiger partial charge >= 0.3 is 0 Å². The number of phenolic OH excluding ortho intramolecular Hbond substituents is 2. The van der Waals surface area contributed by atoms with Crippen LogP contribution in [-0.2, 0) is 20.0 Å². The molecule has 2 N–H and O–H groups in total. The van der Waals surface area contributed by atoms with Gasteiger partial charge in [0, 0.05) is 62.8 Å². The van der Waals surface area contributed by atoms with Crippen molar-refractivity contribution in [2.75, 3.05) is 49.5 Å². The van der Waals surface area contributed by atoms with Crippen LogP contribution in [0.3, 0.4) is 0 Å². The summed E-state index contributed by atoms with van der Waals surface area (Å²) >= 11 is 2.81. The molecule has 292 valence electrons. The summed E-state index contributed by atoms with van der Waals surface area (Å²) in [6, 6.07) is 25.8. The van der Waals surface area contributed by atoms with Gasteiger partial charge in [-0.05, 0) is 61.8 Å². The fourth-order valence-electron chi connectivity index (χ4n) is 6.92. The average Bonchev–Trinajstić information content (AvgIpc) is 3.31. The standard InChI is InChI=1S/2C20H26N2O3S2/c2*1-4-5-9-16-14-22(15-10-7-6-8-11-15)17-12-19(26-3)18(23)13-20(17)27(24,25)21(16)2/h2*6-8,10-13,16,23H,4-5,9,14H2,1-3H3/t2*16-/m10/s1. The molecule has 0 unspecified atom stereocenters. The zero-order chi connectivity index (χ0) is 39.2. The Bertz CT molecular complexity index is 1950. The highest BCUT2D eigenvalue weighted by Gasteiger charge is 2.39. The predicted molar refractivity (Wildman–Crippen MR) is 223 cm³/mol. The van der Waals surface area contributed by atoms with Crippen molar-refractivity contribution in [2.45, 2.75) is 84.0 Å². The molecule has 0 fully saturated rings. The molecule has 0 bridgehead atoms. The van der Waals surface area contributed by atoms with Gasteiger partial charge in [0.05, 0.1) is 21.2 Å². The summed E-state index contributed by atoms with van der Waals surface area (Å²) in [5.41, 5.74) is 3.13. The lowest BCUT2D eigenvalue weighted by atomic mass is 10.1. The monoisotopic (exact) mass is 812 g/mol. The minimum atomic E-state index is -3.70. The molecule has 6 rings (SSSR count). The smallest absolute Gasteiger partial charge is 0.245 e. The molecule has 0 spiro atoms. The van der Waals surface area contributed by atoms with Crippen molar-refractivity contribution in [3.8, 4) is 11.5 Å². The third-order valence-electron chi connectivity index (χ3n) is 10.1. The van der Waals surface area contributed by atoms with E-state index < -0.39 is 20.0 Å². The van der Waals surface area contributed by atoms with Gasteiger partial charge in [-0.1, -0.05) is 75.9 Å². The number of thioether (sulfide) groups is 2. The Balaban J connectivity index is 0.000000208. The number of unbranched alkanes of at least 4 members (excludes halogenated alkanes) is 2. The fraction of sp³-hybridized carbons (Fsp3) is 0.400. The quantitative estimate of drug-likeness (QED) is 0.150. The second kappa shape index (κ2) is 18.0. The molecule has 4 aromatic rings. The predicted octanol–water partition coefficient (Wildman–Crippen LogP) is 8.89. The SMILES string of the molecule is CCCC[C@@H]1CN(c2ccccc2)c2cc(SC)c(O)cc2S(=O)(=O)N1C.CCCC[C@H]1CN(c2ccccc2)c2cc(SC)c(O)cc2S(=O)(=O)N1C. The first kappa shape index (κ1) is 41.8. The van der Waals surface area contributed by atoms with Crippen molar-refractivity contribution < 1.29 is 27.0 Å². The first-order valence-electron chi connectivity index (χ1n) is 18.2. The Morgan fingerprint density at radius 1 is 0.611 bits per heavy atom. The molecular formula is C40H52N4O6S4. The molecule has 2 heterocycles. The number of likely N-dealkylation sites (N-methyl/N-ethyl adjacent to an activating group) is 2. The van der Waals surface area contributed by atoms with Gasteiger partial charge in [-0.3, -0.25) is 0 Å². The first-order valence-corrected chi connectivity index (χ1v) is 23.6. The lowest BCUT2D eigenvalue weighted by Crippen LogP contribution is -2.40. The van der Waals surface area contributed by atoms with Crippen molar-refractivity contribution in [3.63, 3.8) is 0 Å². The number of nitrogens with zero attached hydrogens (tertiary/aromatic N) is 4. The van der Waals surface area contributed by atoms with Gasteiger partial charge in [0.2, 0.25) is 20.0 Å². The molecule has 0 radical (unpaired) electrons. The van der Waals surface area contributed by atoms with Gasteiger partial charge in [-0.2, -0.15) is 8.61 Å². The summed E-state index contributed by atoms with van der Waals surface area (Å²) in [7, 11) is -4.11. The molecule has 0 aliphatic carbocycles. The van der Waals surface area contributed by atoms with E-state index in [1.165, 1.54) is 44.3 Å². The Morgan fingerprint density at radius 3 is 1.28 bits per heavy atom. The molecule has 54 heavy (non-hydrogen) atoms. The number of phenols is 2. The summed E-state index contributed by atoms with van der Waals surface area (Å²) in [6.07, 6.45) is 9.29. The van der Waals surface area contributed by atoms with E-state index in [9.17, 15) is 27.0 Å². The van der Waals surface area contributed by atoms with E-state index in [4.69, 9.17) is 0 Å². The first-order chi connectivity index (χ1) is 25.8. The molecular weight excluding hydrogens is 761 g/mol. The van der Waals surface area contributed by atoms with Gasteiger partial charge in [-0.15, -0.1) is 23.5 Å². The van der Waals surface area contributed by atoms with Crippen LogP contribution in [0.1, 0.15) is 52.4 Å². The third kappa shape index (κ3) is 8.69. The molecule has 0 amide bonds. The van der Waals surface area contributed by atoms with Gasteiger partial charge in [0.15, 0.2) is 0 Å². The number of hydrogen-bond donors (Lipinski definition) is 2. The summed E-state index contributed by atoms with van der Waals surface area (Å²) in [6.45, 7) is 5.37. The second-order valence-electron chi connectivity index (χ2n) is 13.5. The molecule has 4 aromatic carbocycles. The van der Waals surface area contributed by atoms with Crippen molar-refractivity contribution >= 4 is 66.3 Å². The van der Waals surface area contributed by atoms with Crippen molar-refractivity contribution in [1.29, 1.82) is 0 Å². The highest BCUT2D eigenvalue weighted by Crippen LogP contribution is 2.44. The minimum absolute atomic E-state index is 0.00163. The molecule has 0 saturated heterocycles. The zero-order valence-corrected chi connectivity index (χ0v) is 35.1. The number of aromatic hydroxyl groups is 2. The largest absolute Gasteiger partial charge is 0.507 e. The number of fused-ring (bicyclic) bond motifs is 2. The second-order valence-corrected chi connectivity index (χ2v) is 19.1. The maximum Gasteiger partial charge on any atom is 0.245 e. The molecule has 10 nitrogen and oxygen atoms in total. The normalized spacial score (nSPS) is 19.5. The molecule has 14 heteroatoms. The van der Waals surface area contributed by atoms with Crippen LogP contribution in [0.25, 0.3) is 0 Å². The van der Waals surface area contributed by atoms with Gasteiger partial charge in [-0.25, -0.2) is 16.8 Å². The third-order valence-corrected chi connectivity index (χ3v) is 15.6. The highest BCUT2D eigenvalue weighted by molar-refractivity contribution is 7.99. The number of hydrogen-bond acceptors (Lipinski definition) is 10. The van der Waals surface area contributed by atoms with Gasteiger partial charge < -0.3 is 20.0 Å². The van der Waals surface area contributed by atoms with Gasteiger partial charge in [0.1, 0.15) is 21.3 Å². The van der Waals surface area contributed by atoms with E-state index >= 15 is 0 Å². The number of anilines is 4. The van der Waals surface area contributed by atoms with E-state index in [2.05, 4.69) is 23.6 Å². The topological polar surface area (TPSA) is 122 Å². The van der Waals surface area contributed by atoms with E-state index in [1.54, 1.807) is 26.2 Å². The Morgan fingerprint density at radius 2 is 0.963 bits per heavy atom. The maximum atomic E-state index is 13.3. The van der Waals surface area contributed by atoms with Crippen LogP contribution in [0.2, 0.25) is 0 Å². The molecule has 2 aliphatic heterocycles. The minimum Gasteiger partial charge on any atom is -0.507 e. The van der Waals surface area contributed by atoms with E-state index in [-0.39, 0.29) is 33.4 Å². The van der Waals surface area contributed by atoms with Crippen molar-refractivity contribution in [3.05, 3.63) is 84.9 Å². The number of benzene rings is 4. The van der Waals surface area contributed by atoms with Crippen LogP contribution in [0.15, 0.2) is 105 Å². The molecule has 2 aliphatic rings. The fourth-order valence-corrected chi connectivity index (χ4v) is 11.1. The molecule has 0 saturated carbocycles. The lowest BCUT2D eigenvalue weighted by molar-refractivity contribution is 0.351. The van der Waals surface area contributed by atoms with E-state index in [0.29, 0.717) is 34.3 Å². The summed E-state index contributed by atoms with van der Waals surface area (Å²) < 4.78 is 56.2. The summed E-state index contributed by atoms with van der Waals surface area (Å²) in [5, 5.41) is 20.6. The maximum absolute atomic E-state index is 13.3. The van der Waals surface area contributed by atoms with Gasteiger partial charge in [0.25, 0.3) is 0 Å². The molecule has 0 aromatic heterocycles. The summed E-state index contributed by atoms with van der Waals surface area (Å²) in [4.78, 5) is 5.77.